The second kappa shape index (κ2) is 13.4. The van der Waals surface area contributed by atoms with E-state index in [9.17, 15) is 0 Å². The Morgan fingerprint density at radius 2 is 1.71 bits per heavy atom. The van der Waals surface area contributed by atoms with E-state index in [1.54, 1.807) is 6.20 Å². The highest BCUT2D eigenvalue weighted by molar-refractivity contribution is 6.08. The molecule has 0 saturated heterocycles. The number of fused-ring (bicyclic) bond motifs is 1. The van der Waals surface area contributed by atoms with E-state index in [4.69, 9.17) is 11.6 Å². The summed E-state index contributed by atoms with van der Waals surface area (Å²) < 4.78 is 0. The molecular formula is C34H56N4. The molecule has 4 nitrogen and oxygen atoms in total. The summed E-state index contributed by atoms with van der Waals surface area (Å²) in [6.45, 7) is 28.0. The van der Waals surface area contributed by atoms with Crippen LogP contribution in [0.2, 0.25) is 0 Å². The van der Waals surface area contributed by atoms with E-state index in [0.29, 0.717) is 16.7 Å². The quantitative estimate of drug-likeness (QED) is 0.151. The molecule has 0 aromatic carbocycles. The first-order valence-corrected chi connectivity index (χ1v) is 15.2. The molecule has 0 bridgehead atoms. The van der Waals surface area contributed by atoms with Crippen LogP contribution in [0.25, 0.3) is 0 Å². The average molecular weight is 521 g/mol. The van der Waals surface area contributed by atoms with Crippen LogP contribution in [0.5, 0.6) is 0 Å². The number of hydrogen-bond acceptors (Lipinski definition) is 4. The minimum Gasteiger partial charge on any atom is -0.374 e. The van der Waals surface area contributed by atoms with Gasteiger partial charge in [0.2, 0.25) is 0 Å². The second-order valence-electron chi connectivity index (χ2n) is 13.4. The molecule has 212 valence electrons. The highest BCUT2D eigenvalue weighted by Crippen LogP contribution is 2.68. The summed E-state index contributed by atoms with van der Waals surface area (Å²) in [5.74, 6) is 0.331. The van der Waals surface area contributed by atoms with Crippen molar-refractivity contribution in [2.75, 3.05) is 33.2 Å². The molecule has 0 radical (unpaired) electrons. The third-order valence-electron chi connectivity index (χ3n) is 9.75. The molecule has 0 aromatic heterocycles. The van der Waals surface area contributed by atoms with E-state index in [-0.39, 0.29) is 5.41 Å². The van der Waals surface area contributed by atoms with Gasteiger partial charge in [0.25, 0.3) is 0 Å². The van der Waals surface area contributed by atoms with Gasteiger partial charge < -0.3 is 10.2 Å². The molecule has 0 aliphatic heterocycles. The molecule has 0 aromatic rings. The predicted octanol–water partition coefficient (Wildman–Crippen LogP) is 8.15. The van der Waals surface area contributed by atoms with E-state index in [1.807, 2.05) is 13.1 Å². The fourth-order valence-corrected chi connectivity index (χ4v) is 7.93. The minimum atomic E-state index is 0.233. The van der Waals surface area contributed by atoms with Gasteiger partial charge in [-0.2, -0.15) is 0 Å². The first-order chi connectivity index (χ1) is 18.1. The molecular weight excluding hydrogens is 464 g/mol. The van der Waals surface area contributed by atoms with Gasteiger partial charge in [0.05, 0.1) is 5.71 Å². The molecule has 4 heteroatoms. The molecule has 0 amide bonds. The van der Waals surface area contributed by atoms with E-state index < -0.39 is 0 Å². The SMILES string of the molecule is C=N/C=C\C(=N/CCCN(CCNC)C(=C)CC(C)(C)C)C(=C)C1CCC2(CCCCC23CCCC3)C1=C. The minimum absolute atomic E-state index is 0.233. The largest absolute Gasteiger partial charge is 0.374 e. The number of likely N-dealkylation sites (N-methyl/N-ethyl adjacent to an activating group) is 1. The normalized spacial score (nSPS) is 25.5. The fraction of sp³-hybridized carbons (Fsp3) is 0.706. The molecule has 38 heavy (non-hydrogen) atoms. The van der Waals surface area contributed by atoms with Gasteiger partial charge in [-0.1, -0.05) is 71.8 Å². The van der Waals surface area contributed by atoms with Gasteiger partial charge in [0, 0.05) is 44.0 Å². The summed E-state index contributed by atoms with van der Waals surface area (Å²) in [6, 6.07) is 0. The van der Waals surface area contributed by atoms with Crippen molar-refractivity contribution >= 4 is 12.4 Å². The molecule has 3 aliphatic rings. The molecule has 3 aliphatic carbocycles. The second-order valence-corrected chi connectivity index (χ2v) is 13.4. The Morgan fingerprint density at radius 3 is 2.32 bits per heavy atom. The summed E-state index contributed by atoms with van der Waals surface area (Å²) >= 11 is 0. The smallest absolute Gasteiger partial charge is 0.0621 e. The van der Waals surface area contributed by atoms with Crippen molar-refractivity contribution in [2.24, 2.45) is 32.1 Å². The van der Waals surface area contributed by atoms with Crippen LogP contribution in [0, 0.1) is 22.2 Å². The fourth-order valence-electron chi connectivity index (χ4n) is 7.93. The lowest BCUT2D eigenvalue weighted by Gasteiger charge is -2.52. The van der Waals surface area contributed by atoms with Crippen LogP contribution in [0.3, 0.4) is 0 Å². The lowest BCUT2D eigenvalue weighted by molar-refractivity contribution is 0.0264. The molecule has 0 heterocycles. The van der Waals surface area contributed by atoms with Crippen LogP contribution in [0.4, 0.5) is 0 Å². The van der Waals surface area contributed by atoms with Gasteiger partial charge in [-0.15, -0.1) is 0 Å². The monoisotopic (exact) mass is 520 g/mol. The predicted molar refractivity (Wildman–Crippen MR) is 167 cm³/mol. The van der Waals surface area contributed by atoms with E-state index >= 15 is 0 Å². The molecule has 2 unspecified atom stereocenters. The maximum Gasteiger partial charge on any atom is 0.0621 e. The first-order valence-electron chi connectivity index (χ1n) is 15.2. The molecule has 2 atom stereocenters. The average Bonchev–Trinajstić information content (AvgIpc) is 3.47. The maximum atomic E-state index is 5.08. The van der Waals surface area contributed by atoms with Crippen LogP contribution in [0.1, 0.15) is 97.8 Å². The maximum absolute atomic E-state index is 5.08. The van der Waals surface area contributed by atoms with E-state index in [0.717, 1.165) is 56.7 Å². The van der Waals surface area contributed by atoms with Crippen LogP contribution in [-0.2, 0) is 0 Å². The Balaban J connectivity index is 1.69. The van der Waals surface area contributed by atoms with Crippen LogP contribution in [0.15, 0.2) is 58.8 Å². The highest BCUT2D eigenvalue weighted by atomic mass is 15.1. The Kier molecular flexibility index (Phi) is 10.8. The summed E-state index contributed by atoms with van der Waals surface area (Å²) in [6.07, 6.45) is 19.3. The van der Waals surface area contributed by atoms with Gasteiger partial charge >= 0.3 is 0 Å². The van der Waals surface area contributed by atoms with Crippen molar-refractivity contribution in [3.05, 3.63) is 48.9 Å². The van der Waals surface area contributed by atoms with Crippen LogP contribution >= 0.6 is 0 Å². The third-order valence-corrected chi connectivity index (χ3v) is 9.75. The van der Waals surface area contributed by atoms with Crippen LogP contribution < -0.4 is 5.32 Å². The number of nitrogens with one attached hydrogen (secondary N) is 1. The Morgan fingerprint density at radius 1 is 1.05 bits per heavy atom. The van der Waals surface area contributed by atoms with Crippen molar-refractivity contribution in [1.29, 1.82) is 0 Å². The number of nitrogens with zero attached hydrogens (tertiary/aromatic N) is 3. The van der Waals surface area contributed by atoms with Gasteiger partial charge in [-0.3, -0.25) is 9.98 Å². The lowest BCUT2D eigenvalue weighted by atomic mass is 9.52. The Bertz CT molecular complexity index is 911. The number of aliphatic imine (C=N–C) groups is 2. The highest BCUT2D eigenvalue weighted by Gasteiger charge is 2.58. The zero-order chi connectivity index (χ0) is 27.8. The summed E-state index contributed by atoms with van der Waals surface area (Å²) in [5.41, 5.74) is 5.85. The first kappa shape index (κ1) is 30.6. The summed E-state index contributed by atoms with van der Waals surface area (Å²) in [7, 11) is 2.01. The summed E-state index contributed by atoms with van der Waals surface area (Å²) in [4.78, 5) is 11.5. The van der Waals surface area contributed by atoms with Crippen LogP contribution in [-0.4, -0.2) is 50.6 Å². The summed E-state index contributed by atoms with van der Waals surface area (Å²) in [5, 5.41) is 3.28. The number of allylic oxidation sites excluding steroid dienone is 4. The van der Waals surface area contributed by atoms with Crippen molar-refractivity contribution in [3.63, 3.8) is 0 Å². The number of rotatable bonds is 13. The molecule has 3 rings (SSSR count). The van der Waals surface area contributed by atoms with Gasteiger partial charge in [0.1, 0.15) is 0 Å². The third kappa shape index (κ3) is 6.97. The van der Waals surface area contributed by atoms with Gasteiger partial charge in [-0.25, -0.2) is 0 Å². The van der Waals surface area contributed by atoms with E-state index in [2.05, 4.69) is 55.9 Å². The van der Waals surface area contributed by atoms with Gasteiger partial charge in [0.15, 0.2) is 0 Å². The zero-order valence-electron chi connectivity index (χ0n) is 25.2. The lowest BCUT2D eigenvalue weighted by Crippen LogP contribution is -2.42. The zero-order valence-corrected chi connectivity index (χ0v) is 25.2. The van der Waals surface area contributed by atoms with Crippen molar-refractivity contribution in [1.82, 2.24) is 10.2 Å². The van der Waals surface area contributed by atoms with E-state index in [1.165, 1.54) is 69.1 Å². The van der Waals surface area contributed by atoms with Crippen molar-refractivity contribution in [2.45, 2.75) is 97.8 Å². The van der Waals surface area contributed by atoms with Crippen molar-refractivity contribution < 1.29 is 0 Å². The Labute approximate surface area is 234 Å². The van der Waals surface area contributed by atoms with Crippen molar-refractivity contribution in [3.8, 4) is 0 Å². The number of hydrogen-bond donors (Lipinski definition) is 1. The van der Waals surface area contributed by atoms with Gasteiger partial charge in [-0.05, 0) is 93.0 Å². The Hall–Kier alpha value is -1.94. The molecule has 3 fully saturated rings. The topological polar surface area (TPSA) is 40.0 Å². The molecule has 3 saturated carbocycles. The molecule has 1 N–H and O–H groups in total. The standard InChI is InChI=1S/C34H56N4/c1-27(26-32(4,5)6)38(25-23-36-8)24-13-21-37-31(15-22-35-7)28(2)30-14-20-34(29(30)3)19-12-11-18-33(34)16-9-10-17-33/h15,22,30,36H,1-3,7,9-14,16-21,23-26H2,4-6,8H3/b22-15-,37-31+. The molecule has 2 spiro atoms.